The molecule has 2 heterocycles. The summed E-state index contributed by atoms with van der Waals surface area (Å²) in [6.45, 7) is 0. The maximum Gasteiger partial charge on any atom is 0.278 e. The molecule has 0 atom stereocenters. The normalized spacial score (nSPS) is 10.6. The van der Waals surface area contributed by atoms with E-state index in [1.165, 1.54) is 17.7 Å². The van der Waals surface area contributed by atoms with Gasteiger partial charge in [-0.1, -0.05) is 22.9 Å². The van der Waals surface area contributed by atoms with Crippen LogP contribution in [0.4, 0.5) is 0 Å². The Balaban J connectivity index is 3.02. The Hall–Kier alpha value is -0.940. The second-order valence-corrected chi connectivity index (χ2v) is 3.41. The van der Waals surface area contributed by atoms with Crippen molar-refractivity contribution in [3.63, 3.8) is 0 Å². The third-order valence-electron chi connectivity index (χ3n) is 1.18. The van der Waals surface area contributed by atoms with Crippen LogP contribution in [-0.2, 0) is 0 Å². The van der Waals surface area contributed by atoms with E-state index in [1.54, 1.807) is 0 Å². The number of rotatable bonds is 0. The maximum atomic E-state index is 11.0. The van der Waals surface area contributed by atoms with Crippen molar-refractivity contribution in [3.8, 4) is 0 Å². The highest BCUT2D eigenvalue weighted by atomic mass is 35.5. The summed E-state index contributed by atoms with van der Waals surface area (Å²) < 4.78 is 0.337. The first-order valence-corrected chi connectivity index (χ1v) is 3.96. The number of hydrogen-bond acceptors (Lipinski definition) is 4. The molecular weight excluding hydrogens is 186 g/mol. The predicted molar refractivity (Wildman–Crippen MR) is 43.0 cm³/mol. The van der Waals surface area contributed by atoms with Crippen LogP contribution in [0.2, 0.25) is 4.47 Å². The minimum absolute atomic E-state index is 0.252. The standard InChI is InChI=1S/C5H2ClN3OS/c6-5-9-2-3(10)7-1-8-4(2)11-5/h1H,(H,7,8,10). The second kappa shape index (κ2) is 2.28. The van der Waals surface area contributed by atoms with E-state index >= 15 is 0 Å². The lowest BCUT2D eigenvalue weighted by atomic mass is 10.6. The molecule has 1 N–H and O–H groups in total. The molecule has 6 heteroatoms. The van der Waals surface area contributed by atoms with Gasteiger partial charge < -0.3 is 4.98 Å². The molecule has 0 radical (unpaired) electrons. The topological polar surface area (TPSA) is 58.6 Å². The van der Waals surface area contributed by atoms with E-state index in [-0.39, 0.29) is 5.56 Å². The van der Waals surface area contributed by atoms with Crippen molar-refractivity contribution < 1.29 is 0 Å². The largest absolute Gasteiger partial charge is 0.311 e. The number of H-pyrrole nitrogens is 1. The molecule has 56 valence electrons. The Bertz CT molecular complexity index is 448. The summed E-state index contributed by atoms with van der Waals surface area (Å²) in [7, 11) is 0. The van der Waals surface area contributed by atoms with E-state index in [0.717, 1.165) is 0 Å². The third-order valence-corrected chi connectivity index (χ3v) is 2.24. The molecule has 2 rings (SSSR count). The van der Waals surface area contributed by atoms with Gasteiger partial charge in [-0.2, -0.15) is 0 Å². The number of fused-ring (bicyclic) bond motifs is 1. The molecule has 0 saturated heterocycles. The molecule has 2 aromatic heterocycles. The average molecular weight is 188 g/mol. The lowest BCUT2D eigenvalue weighted by Gasteiger charge is -1.80. The highest BCUT2D eigenvalue weighted by molar-refractivity contribution is 7.21. The van der Waals surface area contributed by atoms with Gasteiger partial charge in [-0.15, -0.1) is 0 Å². The van der Waals surface area contributed by atoms with Gasteiger partial charge in [0.15, 0.2) is 14.8 Å². The second-order valence-electron chi connectivity index (χ2n) is 1.85. The van der Waals surface area contributed by atoms with E-state index < -0.39 is 0 Å². The lowest BCUT2D eigenvalue weighted by Crippen LogP contribution is -2.05. The van der Waals surface area contributed by atoms with Crippen LogP contribution in [0.5, 0.6) is 0 Å². The number of nitrogens with one attached hydrogen (secondary N) is 1. The molecule has 4 nitrogen and oxygen atoms in total. The van der Waals surface area contributed by atoms with Crippen LogP contribution in [0.1, 0.15) is 0 Å². The molecule has 0 saturated carbocycles. The SMILES string of the molecule is O=c1[nH]cnc2sc(Cl)nc12. The molecule has 0 unspecified atom stereocenters. The molecule has 0 aliphatic heterocycles. The van der Waals surface area contributed by atoms with Gasteiger partial charge in [0.05, 0.1) is 6.33 Å². The van der Waals surface area contributed by atoms with Gasteiger partial charge in [-0.05, 0) is 0 Å². The molecule has 0 fully saturated rings. The van der Waals surface area contributed by atoms with Crippen LogP contribution < -0.4 is 5.56 Å². The predicted octanol–water partition coefficient (Wildman–Crippen LogP) is 1.03. The summed E-state index contributed by atoms with van der Waals surface area (Å²) in [6.07, 6.45) is 1.33. The number of aromatic nitrogens is 3. The zero-order chi connectivity index (χ0) is 7.84. The highest BCUT2D eigenvalue weighted by Crippen LogP contribution is 2.19. The number of nitrogens with zero attached hydrogens (tertiary/aromatic N) is 2. The van der Waals surface area contributed by atoms with E-state index in [4.69, 9.17) is 11.6 Å². The maximum absolute atomic E-state index is 11.0. The van der Waals surface area contributed by atoms with Gasteiger partial charge in [-0.25, -0.2) is 9.97 Å². The van der Waals surface area contributed by atoms with Crippen molar-refractivity contribution in [2.45, 2.75) is 0 Å². The van der Waals surface area contributed by atoms with Crippen molar-refractivity contribution in [3.05, 3.63) is 21.1 Å². The van der Waals surface area contributed by atoms with Gasteiger partial charge in [0.25, 0.3) is 5.56 Å². The molecule has 0 aliphatic rings. The van der Waals surface area contributed by atoms with Crippen LogP contribution in [0.3, 0.4) is 0 Å². The van der Waals surface area contributed by atoms with Crippen molar-refractivity contribution in [2.75, 3.05) is 0 Å². The quantitative estimate of drug-likeness (QED) is 0.670. The fourth-order valence-corrected chi connectivity index (χ4v) is 1.68. The summed E-state index contributed by atoms with van der Waals surface area (Å²) in [4.78, 5) is 21.6. The zero-order valence-corrected chi connectivity index (χ0v) is 6.74. The smallest absolute Gasteiger partial charge is 0.278 e. The van der Waals surface area contributed by atoms with Crippen molar-refractivity contribution >= 4 is 33.3 Å². The Morgan fingerprint density at radius 1 is 1.64 bits per heavy atom. The van der Waals surface area contributed by atoms with E-state index in [2.05, 4.69) is 15.0 Å². The number of hydrogen-bond donors (Lipinski definition) is 1. The van der Waals surface area contributed by atoms with Gasteiger partial charge in [0.1, 0.15) is 0 Å². The monoisotopic (exact) mass is 187 g/mol. The number of halogens is 1. The summed E-state index contributed by atoms with van der Waals surface area (Å²) in [6, 6.07) is 0. The van der Waals surface area contributed by atoms with E-state index in [9.17, 15) is 4.79 Å². The fraction of sp³-hybridized carbons (Fsp3) is 0. The fourth-order valence-electron chi connectivity index (χ4n) is 0.740. The Morgan fingerprint density at radius 3 is 3.18 bits per heavy atom. The molecule has 0 aliphatic carbocycles. The molecule has 0 spiro atoms. The van der Waals surface area contributed by atoms with Crippen LogP contribution in [-0.4, -0.2) is 15.0 Å². The van der Waals surface area contributed by atoms with Crippen LogP contribution in [0.15, 0.2) is 11.1 Å². The minimum atomic E-state index is -0.252. The molecule has 0 amide bonds. The van der Waals surface area contributed by atoms with Gasteiger partial charge >= 0.3 is 0 Å². The summed E-state index contributed by atoms with van der Waals surface area (Å²) in [5.74, 6) is 0. The first-order valence-electron chi connectivity index (χ1n) is 2.77. The van der Waals surface area contributed by atoms with Crippen LogP contribution in [0.25, 0.3) is 10.3 Å². The molecule has 0 aromatic carbocycles. The molecule has 0 bridgehead atoms. The summed E-state index contributed by atoms with van der Waals surface area (Å²) in [5.41, 5.74) is 0.0562. The zero-order valence-electron chi connectivity index (χ0n) is 5.17. The Morgan fingerprint density at radius 2 is 2.45 bits per heavy atom. The van der Waals surface area contributed by atoms with Crippen molar-refractivity contribution in [2.24, 2.45) is 0 Å². The number of thiazole rings is 1. The van der Waals surface area contributed by atoms with Crippen molar-refractivity contribution in [1.82, 2.24) is 15.0 Å². The van der Waals surface area contributed by atoms with E-state index in [0.29, 0.717) is 14.8 Å². The van der Waals surface area contributed by atoms with Gasteiger partial charge in [-0.3, -0.25) is 4.79 Å². The molecular formula is C5H2ClN3OS. The third kappa shape index (κ3) is 1.02. The first kappa shape index (κ1) is 6.75. The van der Waals surface area contributed by atoms with Crippen LogP contribution in [0, 0.1) is 0 Å². The van der Waals surface area contributed by atoms with Gasteiger partial charge in [0.2, 0.25) is 0 Å². The molecule has 2 aromatic rings. The van der Waals surface area contributed by atoms with E-state index in [1.807, 2.05) is 0 Å². The molecule has 11 heavy (non-hydrogen) atoms. The van der Waals surface area contributed by atoms with Crippen molar-refractivity contribution in [1.29, 1.82) is 0 Å². The Kier molecular flexibility index (Phi) is 1.40. The summed E-state index contributed by atoms with van der Waals surface area (Å²) in [5, 5.41) is 0. The minimum Gasteiger partial charge on any atom is -0.311 e. The highest BCUT2D eigenvalue weighted by Gasteiger charge is 2.04. The summed E-state index contributed by atoms with van der Waals surface area (Å²) >= 11 is 6.76. The average Bonchev–Trinajstić information content (AvgIpc) is 2.31. The lowest BCUT2D eigenvalue weighted by molar-refractivity contribution is 1.17. The first-order chi connectivity index (χ1) is 5.27. The Labute approximate surface area is 69.9 Å². The van der Waals surface area contributed by atoms with Crippen LogP contribution >= 0.6 is 22.9 Å². The van der Waals surface area contributed by atoms with Gasteiger partial charge in [0, 0.05) is 0 Å². The number of aromatic amines is 1.